The first-order valence-electron chi connectivity index (χ1n) is 5.75. The summed E-state index contributed by atoms with van der Waals surface area (Å²) in [7, 11) is 0. The summed E-state index contributed by atoms with van der Waals surface area (Å²) in [4.78, 5) is 21.6. The summed E-state index contributed by atoms with van der Waals surface area (Å²) in [6, 6.07) is 4.25. The number of Topliss-reactive ketones (excluding diaryl/α,β-unsaturated/α-hetero) is 1. The second-order valence-corrected chi connectivity index (χ2v) is 4.71. The van der Waals surface area contributed by atoms with Crippen molar-refractivity contribution in [3.05, 3.63) is 33.9 Å². The van der Waals surface area contributed by atoms with Crippen LogP contribution in [-0.4, -0.2) is 16.3 Å². The summed E-state index contributed by atoms with van der Waals surface area (Å²) >= 11 is 0. The average Bonchev–Trinajstić information content (AvgIpc) is 2.28. The van der Waals surface area contributed by atoms with Gasteiger partial charge in [0, 0.05) is 6.07 Å². The Bertz CT molecular complexity index is 480. The van der Waals surface area contributed by atoms with Gasteiger partial charge in [0.2, 0.25) is 0 Å². The number of carbonyl (C=O) groups is 1. The van der Waals surface area contributed by atoms with E-state index in [2.05, 4.69) is 0 Å². The Kier molecular flexibility index (Phi) is 4.06. The molecule has 0 aliphatic heterocycles. The number of hydrogen-bond donors (Lipinski definition) is 0. The van der Waals surface area contributed by atoms with Gasteiger partial charge in [-0.2, -0.15) is 0 Å². The predicted octanol–water partition coefficient (Wildman–Crippen LogP) is 3.36. The highest BCUT2D eigenvalue weighted by atomic mass is 16.6. The lowest BCUT2D eigenvalue weighted by Gasteiger charge is -2.25. The molecule has 0 saturated heterocycles. The Morgan fingerprint density at radius 3 is 2.50 bits per heavy atom. The van der Waals surface area contributed by atoms with Crippen molar-refractivity contribution >= 4 is 11.5 Å². The molecule has 18 heavy (non-hydrogen) atoms. The zero-order valence-corrected chi connectivity index (χ0v) is 11.0. The molecule has 0 spiro atoms. The van der Waals surface area contributed by atoms with Gasteiger partial charge in [-0.1, -0.05) is 6.92 Å². The van der Waals surface area contributed by atoms with E-state index in [1.54, 1.807) is 0 Å². The van der Waals surface area contributed by atoms with E-state index in [0.717, 1.165) is 6.42 Å². The SMILES string of the molecule is CCC(C)(C)Oc1ccc([N+](=O)[O-])c(C(C)=O)c1. The average molecular weight is 251 g/mol. The molecular weight excluding hydrogens is 234 g/mol. The smallest absolute Gasteiger partial charge is 0.280 e. The molecule has 1 rings (SSSR count). The molecule has 0 atom stereocenters. The van der Waals surface area contributed by atoms with E-state index in [1.807, 2.05) is 20.8 Å². The molecule has 0 N–H and O–H groups in total. The van der Waals surface area contributed by atoms with Crippen molar-refractivity contribution < 1.29 is 14.5 Å². The van der Waals surface area contributed by atoms with Crippen LogP contribution in [-0.2, 0) is 0 Å². The highest BCUT2D eigenvalue weighted by molar-refractivity contribution is 5.98. The molecule has 0 heterocycles. The first-order chi connectivity index (χ1) is 8.26. The van der Waals surface area contributed by atoms with Crippen LogP contribution in [0.5, 0.6) is 5.75 Å². The van der Waals surface area contributed by atoms with E-state index in [0.29, 0.717) is 5.75 Å². The number of hydrogen-bond acceptors (Lipinski definition) is 4. The fourth-order valence-corrected chi connectivity index (χ4v) is 1.41. The Labute approximate surface area is 106 Å². The van der Waals surface area contributed by atoms with Gasteiger partial charge in [-0.05, 0) is 39.3 Å². The van der Waals surface area contributed by atoms with Gasteiger partial charge >= 0.3 is 0 Å². The molecule has 98 valence electrons. The maximum Gasteiger partial charge on any atom is 0.280 e. The van der Waals surface area contributed by atoms with E-state index in [-0.39, 0.29) is 22.6 Å². The molecule has 0 fully saturated rings. The minimum Gasteiger partial charge on any atom is -0.488 e. The third-order valence-corrected chi connectivity index (χ3v) is 2.79. The zero-order valence-electron chi connectivity index (χ0n) is 11.0. The van der Waals surface area contributed by atoms with Crippen LogP contribution in [0.2, 0.25) is 0 Å². The summed E-state index contributed by atoms with van der Waals surface area (Å²) in [6.45, 7) is 7.12. The first kappa shape index (κ1) is 14.2. The molecule has 0 saturated carbocycles. The molecule has 5 heteroatoms. The van der Waals surface area contributed by atoms with Crippen molar-refractivity contribution in [2.45, 2.75) is 39.7 Å². The number of rotatable bonds is 5. The lowest BCUT2D eigenvalue weighted by atomic mass is 10.1. The topological polar surface area (TPSA) is 69.4 Å². The van der Waals surface area contributed by atoms with Crippen LogP contribution in [0, 0.1) is 10.1 Å². The van der Waals surface area contributed by atoms with Gasteiger partial charge in [-0.25, -0.2) is 0 Å². The van der Waals surface area contributed by atoms with Crippen LogP contribution in [0.15, 0.2) is 18.2 Å². The van der Waals surface area contributed by atoms with Crippen LogP contribution in [0.3, 0.4) is 0 Å². The molecule has 0 amide bonds. The molecule has 0 radical (unpaired) electrons. The van der Waals surface area contributed by atoms with Crippen molar-refractivity contribution in [2.75, 3.05) is 0 Å². The maximum absolute atomic E-state index is 11.4. The fourth-order valence-electron chi connectivity index (χ4n) is 1.41. The summed E-state index contributed by atoms with van der Waals surface area (Å²) in [6.07, 6.45) is 0.791. The van der Waals surface area contributed by atoms with E-state index in [9.17, 15) is 14.9 Å². The van der Waals surface area contributed by atoms with Gasteiger partial charge in [0.05, 0.1) is 10.5 Å². The Morgan fingerprint density at radius 2 is 2.06 bits per heavy atom. The first-order valence-corrected chi connectivity index (χ1v) is 5.75. The molecule has 1 aromatic rings. The van der Waals surface area contributed by atoms with Crippen molar-refractivity contribution in [1.82, 2.24) is 0 Å². The number of carbonyl (C=O) groups excluding carboxylic acids is 1. The Morgan fingerprint density at radius 1 is 1.44 bits per heavy atom. The van der Waals surface area contributed by atoms with Crippen molar-refractivity contribution in [1.29, 1.82) is 0 Å². The fraction of sp³-hybridized carbons (Fsp3) is 0.462. The lowest BCUT2D eigenvalue weighted by molar-refractivity contribution is -0.385. The third-order valence-electron chi connectivity index (χ3n) is 2.79. The highest BCUT2D eigenvalue weighted by Crippen LogP contribution is 2.27. The third kappa shape index (κ3) is 3.29. The minimum atomic E-state index is -0.564. The Balaban J connectivity index is 3.16. The maximum atomic E-state index is 11.4. The second-order valence-electron chi connectivity index (χ2n) is 4.71. The molecule has 0 aliphatic rings. The van der Waals surface area contributed by atoms with Crippen LogP contribution in [0.25, 0.3) is 0 Å². The van der Waals surface area contributed by atoms with Crippen LogP contribution in [0.1, 0.15) is 44.5 Å². The Hall–Kier alpha value is -1.91. The molecule has 0 bridgehead atoms. The lowest BCUT2D eigenvalue weighted by Crippen LogP contribution is -2.26. The number of ether oxygens (including phenoxy) is 1. The summed E-state index contributed by atoms with van der Waals surface area (Å²) in [5.41, 5.74) is -0.488. The molecule has 0 unspecified atom stereocenters. The van der Waals surface area contributed by atoms with Gasteiger partial charge in [0.1, 0.15) is 11.4 Å². The van der Waals surface area contributed by atoms with E-state index < -0.39 is 4.92 Å². The van der Waals surface area contributed by atoms with Gasteiger partial charge in [0.25, 0.3) is 5.69 Å². The van der Waals surface area contributed by atoms with Crippen LogP contribution >= 0.6 is 0 Å². The van der Waals surface area contributed by atoms with Crippen molar-refractivity contribution in [3.8, 4) is 5.75 Å². The van der Waals surface area contributed by atoms with Gasteiger partial charge < -0.3 is 4.74 Å². The van der Waals surface area contributed by atoms with Crippen LogP contribution in [0.4, 0.5) is 5.69 Å². The van der Waals surface area contributed by atoms with Gasteiger partial charge in [-0.3, -0.25) is 14.9 Å². The number of benzene rings is 1. The van der Waals surface area contributed by atoms with Gasteiger partial charge in [0.15, 0.2) is 5.78 Å². The molecule has 0 aromatic heterocycles. The standard InChI is InChI=1S/C13H17NO4/c1-5-13(3,4)18-10-6-7-12(14(16)17)11(8-10)9(2)15/h6-8H,5H2,1-4H3. The number of ketones is 1. The van der Waals surface area contributed by atoms with Gasteiger partial charge in [-0.15, -0.1) is 0 Å². The summed E-state index contributed by atoms with van der Waals surface area (Å²) in [5.74, 6) is 0.124. The molecule has 0 aliphatic carbocycles. The van der Waals surface area contributed by atoms with Crippen molar-refractivity contribution in [3.63, 3.8) is 0 Å². The highest BCUT2D eigenvalue weighted by Gasteiger charge is 2.21. The van der Waals surface area contributed by atoms with E-state index in [1.165, 1.54) is 25.1 Å². The minimum absolute atomic E-state index is 0.0735. The van der Waals surface area contributed by atoms with E-state index in [4.69, 9.17) is 4.74 Å². The van der Waals surface area contributed by atoms with E-state index >= 15 is 0 Å². The summed E-state index contributed by atoms with van der Waals surface area (Å²) in [5, 5.41) is 10.8. The van der Waals surface area contributed by atoms with Crippen molar-refractivity contribution in [2.24, 2.45) is 0 Å². The van der Waals surface area contributed by atoms with Crippen LogP contribution < -0.4 is 4.74 Å². The summed E-state index contributed by atoms with van der Waals surface area (Å²) < 4.78 is 5.70. The largest absolute Gasteiger partial charge is 0.488 e. The monoisotopic (exact) mass is 251 g/mol. The zero-order chi connectivity index (χ0) is 13.9. The number of nitrogens with zero attached hydrogens (tertiary/aromatic N) is 1. The predicted molar refractivity (Wildman–Crippen MR) is 68.1 cm³/mol. The normalized spacial score (nSPS) is 11.1. The molecule has 5 nitrogen and oxygen atoms in total. The quantitative estimate of drug-likeness (QED) is 0.457. The molecule has 1 aromatic carbocycles. The number of nitro groups is 1. The molecular formula is C13H17NO4. The second kappa shape index (κ2) is 5.16. The number of nitro benzene ring substituents is 1.